The van der Waals surface area contributed by atoms with Gasteiger partial charge in [-0.3, -0.25) is 0 Å². The molecular formula is C14H22BrN3. The fraction of sp³-hybridized carbons (Fsp3) is 0.571. The molecule has 0 saturated carbocycles. The number of hydrogen-bond donors (Lipinski definition) is 1. The van der Waals surface area contributed by atoms with Crippen LogP contribution in [0.15, 0.2) is 22.7 Å². The van der Waals surface area contributed by atoms with Crippen LogP contribution in [0.4, 0.5) is 5.69 Å². The largest absolute Gasteiger partial charge is 0.399 e. The molecule has 0 radical (unpaired) electrons. The van der Waals surface area contributed by atoms with Crippen molar-refractivity contribution in [2.45, 2.75) is 25.4 Å². The van der Waals surface area contributed by atoms with Crippen LogP contribution in [0.25, 0.3) is 0 Å². The van der Waals surface area contributed by atoms with Gasteiger partial charge in [0.1, 0.15) is 0 Å². The highest BCUT2D eigenvalue weighted by Gasteiger charge is 2.22. The number of benzene rings is 1. The molecule has 1 fully saturated rings. The van der Waals surface area contributed by atoms with E-state index in [1.54, 1.807) is 0 Å². The van der Waals surface area contributed by atoms with Gasteiger partial charge < -0.3 is 15.5 Å². The van der Waals surface area contributed by atoms with Gasteiger partial charge >= 0.3 is 0 Å². The molecular weight excluding hydrogens is 290 g/mol. The highest BCUT2D eigenvalue weighted by Crippen LogP contribution is 2.22. The van der Waals surface area contributed by atoms with Crippen molar-refractivity contribution < 1.29 is 0 Å². The summed E-state index contributed by atoms with van der Waals surface area (Å²) in [7, 11) is 4.42. The van der Waals surface area contributed by atoms with Crippen LogP contribution < -0.4 is 5.73 Å². The minimum Gasteiger partial charge on any atom is -0.399 e. The summed E-state index contributed by atoms with van der Waals surface area (Å²) >= 11 is 3.58. The number of halogens is 1. The number of anilines is 1. The van der Waals surface area contributed by atoms with Crippen molar-refractivity contribution in [2.24, 2.45) is 0 Å². The fourth-order valence-electron chi connectivity index (χ4n) is 2.62. The van der Waals surface area contributed by atoms with Gasteiger partial charge in [0, 0.05) is 29.3 Å². The first-order chi connectivity index (χ1) is 8.56. The molecule has 1 atom stereocenters. The van der Waals surface area contributed by atoms with Crippen LogP contribution in [0.1, 0.15) is 18.4 Å². The van der Waals surface area contributed by atoms with Gasteiger partial charge in [-0.2, -0.15) is 0 Å². The van der Waals surface area contributed by atoms with Gasteiger partial charge in [0.05, 0.1) is 0 Å². The van der Waals surface area contributed by atoms with E-state index in [-0.39, 0.29) is 0 Å². The van der Waals surface area contributed by atoms with E-state index in [0.29, 0.717) is 6.04 Å². The molecule has 1 aromatic carbocycles. The van der Waals surface area contributed by atoms with Crippen molar-refractivity contribution in [1.82, 2.24) is 9.80 Å². The van der Waals surface area contributed by atoms with Gasteiger partial charge in [-0.05, 0) is 51.2 Å². The maximum atomic E-state index is 5.76. The lowest BCUT2D eigenvalue weighted by Gasteiger charge is -2.26. The molecule has 0 aliphatic carbocycles. The molecule has 18 heavy (non-hydrogen) atoms. The normalized spacial score (nSPS) is 20.8. The quantitative estimate of drug-likeness (QED) is 0.867. The molecule has 4 heteroatoms. The molecule has 1 heterocycles. The molecule has 100 valence electrons. The molecule has 0 spiro atoms. The second-order valence-corrected chi connectivity index (χ2v) is 6.18. The molecule has 1 saturated heterocycles. The zero-order chi connectivity index (χ0) is 13.1. The third-order valence-electron chi connectivity index (χ3n) is 3.71. The first-order valence-corrected chi connectivity index (χ1v) is 7.28. The van der Waals surface area contributed by atoms with E-state index in [1.807, 2.05) is 12.1 Å². The Bertz CT molecular complexity index is 408. The van der Waals surface area contributed by atoms with Crippen molar-refractivity contribution in [3.8, 4) is 0 Å². The van der Waals surface area contributed by atoms with E-state index in [1.165, 1.54) is 24.9 Å². The van der Waals surface area contributed by atoms with Crippen molar-refractivity contribution in [3.05, 3.63) is 28.2 Å². The Morgan fingerprint density at radius 1 is 1.50 bits per heavy atom. The third kappa shape index (κ3) is 3.46. The molecule has 0 aromatic heterocycles. The van der Waals surface area contributed by atoms with E-state index in [9.17, 15) is 0 Å². The van der Waals surface area contributed by atoms with Crippen LogP contribution in [-0.4, -0.2) is 43.0 Å². The van der Waals surface area contributed by atoms with Crippen LogP contribution in [0, 0.1) is 0 Å². The van der Waals surface area contributed by atoms with Crippen molar-refractivity contribution in [1.29, 1.82) is 0 Å². The zero-order valence-corrected chi connectivity index (χ0v) is 12.8. The Balaban J connectivity index is 1.92. The molecule has 0 bridgehead atoms. The average Bonchev–Trinajstić information content (AvgIpc) is 2.69. The van der Waals surface area contributed by atoms with Crippen molar-refractivity contribution in [2.75, 3.05) is 32.9 Å². The van der Waals surface area contributed by atoms with Crippen LogP contribution in [0.2, 0.25) is 0 Å². The fourth-order valence-corrected chi connectivity index (χ4v) is 3.14. The number of nitrogen functional groups attached to an aromatic ring is 1. The summed E-state index contributed by atoms with van der Waals surface area (Å²) in [4.78, 5) is 4.86. The zero-order valence-electron chi connectivity index (χ0n) is 11.2. The Kier molecular flexibility index (Phi) is 4.65. The summed E-state index contributed by atoms with van der Waals surface area (Å²) in [6, 6.07) is 6.76. The maximum Gasteiger partial charge on any atom is 0.0325 e. The lowest BCUT2D eigenvalue weighted by atomic mass is 10.1. The molecule has 2 N–H and O–H groups in total. The van der Waals surface area contributed by atoms with Gasteiger partial charge in [-0.25, -0.2) is 0 Å². The first-order valence-electron chi connectivity index (χ1n) is 6.49. The molecule has 1 unspecified atom stereocenters. The van der Waals surface area contributed by atoms with E-state index in [0.717, 1.165) is 23.2 Å². The third-order valence-corrected chi connectivity index (χ3v) is 4.45. The van der Waals surface area contributed by atoms with Crippen LogP contribution in [-0.2, 0) is 6.54 Å². The summed E-state index contributed by atoms with van der Waals surface area (Å²) < 4.78 is 1.11. The van der Waals surface area contributed by atoms with Gasteiger partial charge in [-0.1, -0.05) is 22.0 Å². The Hall–Kier alpha value is -0.580. The molecule has 1 aromatic rings. The number of likely N-dealkylation sites (N-methyl/N-ethyl adjacent to an activating group) is 2. The highest BCUT2D eigenvalue weighted by molar-refractivity contribution is 9.10. The number of likely N-dealkylation sites (tertiary alicyclic amines) is 1. The summed E-state index contributed by atoms with van der Waals surface area (Å²) in [5.74, 6) is 0. The van der Waals surface area contributed by atoms with Crippen LogP contribution in [0.3, 0.4) is 0 Å². The maximum absolute atomic E-state index is 5.76. The minimum absolute atomic E-state index is 0.711. The predicted octanol–water partition coefficient (Wildman–Crippen LogP) is 2.56. The second-order valence-electron chi connectivity index (χ2n) is 5.32. The van der Waals surface area contributed by atoms with Crippen LogP contribution >= 0.6 is 15.9 Å². The van der Waals surface area contributed by atoms with Gasteiger partial charge in [0.15, 0.2) is 0 Å². The number of hydrogen-bond acceptors (Lipinski definition) is 3. The Morgan fingerprint density at radius 2 is 2.28 bits per heavy atom. The summed E-state index contributed by atoms with van der Waals surface area (Å²) in [6.07, 6.45) is 2.66. The molecule has 2 rings (SSSR count). The van der Waals surface area contributed by atoms with Crippen molar-refractivity contribution in [3.63, 3.8) is 0 Å². The Labute approximate surface area is 118 Å². The molecule has 0 amide bonds. The monoisotopic (exact) mass is 311 g/mol. The topological polar surface area (TPSA) is 32.5 Å². The Morgan fingerprint density at radius 3 is 2.89 bits per heavy atom. The smallest absolute Gasteiger partial charge is 0.0325 e. The summed E-state index contributed by atoms with van der Waals surface area (Å²) in [5, 5.41) is 0. The molecule has 1 aliphatic rings. The predicted molar refractivity (Wildman–Crippen MR) is 80.5 cm³/mol. The lowest BCUT2D eigenvalue weighted by molar-refractivity contribution is 0.215. The standard InChI is InChI=1S/C14H22BrN3/c1-17(10-13-4-3-7-18(13)2)9-11-5-6-12(16)8-14(11)15/h5-6,8,13H,3-4,7,9-10,16H2,1-2H3. The van der Waals surface area contributed by atoms with Crippen LogP contribution in [0.5, 0.6) is 0 Å². The molecule has 1 aliphatic heterocycles. The SMILES string of the molecule is CN(Cc1ccc(N)cc1Br)CC1CCCN1C. The van der Waals surface area contributed by atoms with E-state index in [4.69, 9.17) is 5.73 Å². The van der Waals surface area contributed by atoms with E-state index < -0.39 is 0 Å². The second kappa shape index (κ2) is 6.04. The number of nitrogens with zero attached hydrogens (tertiary/aromatic N) is 2. The summed E-state index contributed by atoms with van der Waals surface area (Å²) in [5.41, 5.74) is 7.87. The minimum atomic E-state index is 0.711. The average molecular weight is 312 g/mol. The van der Waals surface area contributed by atoms with Gasteiger partial charge in [0.25, 0.3) is 0 Å². The number of rotatable bonds is 4. The highest BCUT2D eigenvalue weighted by atomic mass is 79.9. The van der Waals surface area contributed by atoms with Gasteiger partial charge in [-0.15, -0.1) is 0 Å². The number of nitrogens with two attached hydrogens (primary N) is 1. The first kappa shape index (κ1) is 13.8. The van der Waals surface area contributed by atoms with E-state index in [2.05, 4.69) is 45.9 Å². The van der Waals surface area contributed by atoms with Gasteiger partial charge in [0.2, 0.25) is 0 Å². The summed E-state index contributed by atoms with van der Waals surface area (Å²) in [6.45, 7) is 3.34. The van der Waals surface area contributed by atoms with E-state index >= 15 is 0 Å². The lowest BCUT2D eigenvalue weighted by Crippen LogP contribution is -2.36. The molecule has 3 nitrogen and oxygen atoms in total. The van der Waals surface area contributed by atoms with Crippen molar-refractivity contribution >= 4 is 21.6 Å².